The van der Waals surface area contributed by atoms with E-state index in [-0.39, 0.29) is 12.1 Å². The number of carbonyl (C=O) groups excluding carboxylic acids is 1. The number of rotatable bonds is 4. The van der Waals surface area contributed by atoms with Crippen molar-refractivity contribution in [3.63, 3.8) is 0 Å². The van der Waals surface area contributed by atoms with Gasteiger partial charge in [0, 0.05) is 0 Å². The Morgan fingerprint density at radius 3 is 2.24 bits per heavy atom. The molecule has 5 heteroatoms. The molecule has 0 aliphatic heterocycles. The zero-order chi connectivity index (χ0) is 15.2. The summed E-state index contributed by atoms with van der Waals surface area (Å²) in [6.07, 6.45) is 0.785. The van der Waals surface area contributed by atoms with Gasteiger partial charge in [-0.1, -0.05) is 66.5 Å². The van der Waals surface area contributed by atoms with Crippen LogP contribution in [0.25, 0.3) is 0 Å². The molecule has 110 valence electrons. The van der Waals surface area contributed by atoms with Crippen molar-refractivity contribution in [2.75, 3.05) is 5.32 Å². The van der Waals surface area contributed by atoms with E-state index < -0.39 is 0 Å². The average molecular weight is 323 g/mol. The summed E-state index contributed by atoms with van der Waals surface area (Å²) in [5.74, 6) is 0. The van der Waals surface area contributed by atoms with Crippen LogP contribution in [0.4, 0.5) is 10.5 Å². The second kappa shape index (κ2) is 7.34. The summed E-state index contributed by atoms with van der Waals surface area (Å²) < 4.78 is 0. The minimum atomic E-state index is -0.333. The van der Waals surface area contributed by atoms with Gasteiger partial charge in [-0.25, -0.2) is 4.79 Å². The van der Waals surface area contributed by atoms with E-state index in [1.165, 1.54) is 0 Å². The lowest BCUT2D eigenvalue weighted by molar-refractivity contribution is 0.248. The summed E-state index contributed by atoms with van der Waals surface area (Å²) in [7, 11) is 0. The molecule has 0 heterocycles. The van der Waals surface area contributed by atoms with Gasteiger partial charge in [-0.3, -0.25) is 0 Å². The van der Waals surface area contributed by atoms with Crippen molar-refractivity contribution in [1.82, 2.24) is 5.32 Å². The molecule has 0 bridgehead atoms. The van der Waals surface area contributed by atoms with Crippen molar-refractivity contribution in [3.8, 4) is 0 Å². The van der Waals surface area contributed by atoms with Crippen molar-refractivity contribution >= 4 is 34.9 Å². The highest BCUT2D eigenvalue weighted by Gasteiger charge is 2.14. The normalized spacial score (nSPS) is 11.8. The van der Waals surface area contributed by atoms with Gasteiger partial charge < -0.3 is 10.6 Å². The Morgan fingerprint density at radius 1 is 1.05 bits per heavy atom. The second-order valence-electron chi connectivity index (χ2n) is 4.57. The number of nitrogens with one attached hydrogen (secondary N) is 2. The van der Waals surface area contributed by atoms with Crippen molar-refractivity contribution in [2.45, 2.75) is 19.4 Å². The van der Waals surface area contributed by atoms with E-state index in [4.69, 9.17) is 23.2 Å². The molecule has 0 aromatic heterocycles. The molecule has 2 aromatic carbocycles. The van der Waals surface area contributed by atoms with Crippen LogP contribution < -0.4 is 10.6 Å². The maximum absolute atomic E-state index is 12.1. The molecule has 3 nitrogen and oxygen atoms in total. The molecule has 0 fully saturated rings. The standard InChI is InChI=1S/C16H16Cl2N2O/c1-2-14(11-7-4-3-5-8-11)19-16(21)20-15-12(17)9-6-10-13(15)18/h3-10,14H,2H2,1H3,(H2,19,20,21). The molecular formula is C16H16Cl2N2O. The average Bonchev–Trinajstić information content (AvgIpc) is 2.49. The lowest BCUT2D eigenvalue weighted by atomic mass is 10.1. The van der Waals surface area contributed by atoms with E-state index in [0.29, 0.717) is 15.7 Å². The van der Waals surface area contributed by atoms with Crippen molar-refractivity contribution in [1.29, 1.82) is 0 Å². The van der Waals surface area contributed by atoms with Crippen LogP contribution in [0.1, 0.15) is 24.9 Å². The van der Waals surface area contributed by atoms with Gasteiger partial charge in [-0.05, 0) is 24.1 Å². The van der Waals surface area contributed by atoms with Crippen molar-refractivity contribution in [3.05, 3.63) is 64.1 Å². The van der Waals surface area contributed by atoms with Gasteiger partial charge in [0.05, 0.1) is 21.8 Å². The zero-order valence-electron chi connectivity index (χ0n) is 11.6. The number of hydrogen-bond acceptors (Lipinski definition) is 1. The summed E-state index contributed by atoms with van der Waals surface area (Å²) in [4.78, 5) is 12.1. The predicted molar refractivity (Wildman–Crippen MR) is 88.1 cm³/mol. The molecule has 2 N–H and O–H groups in total. The fraction of sp³-hybridized carbons (Fsp3) is 0.188. The van der Waals surface area contributed by atoms with Crippen LogP contribution in [0, 0.1) is 0 Å². The summed E-state index contributed by atoms with van der Waals surface area (Å²) in [5, 5.41) is 6.43. The van der Waals surface area contributed by atoms with Gasteiger partial charge in [0.2, 0.25) is 0 Å². The van der Waals surface area contributed by atoms with Gasteiger partial charge >= 0.3 is 6.03 Å². The van der Waals surface area contributed by atoms with Crippen LogP contribution in [0.15, 0.2) is 48.5 Å². The largest absolute Gasteiger partial charge is 0.331 e. The van der Waals surface area contributed by atoms with Crippen molar-refractivity contribution < 1.29 is 4.79 Å². The smallest absolute Gasteiger partial charge is 0.319 e. The highest BCUT2D eigenvalue weighted by Crippen LogP contribution is 2.29. The first-order chi connectivity index (χ1) is 10.1. The van der Waals surface area contributed by atoms with Gasteiger partial charge in [0.25, 0.3) is 0 Å². The molecule has 21 heavy (non-hydrogen) atoms. The van der Waals surface area contributed by atoms with Gasteiger partial charge in [-0.15, -0.1) is 0 Å². The third-order valence-corrected chi connectivity index (χ3v) is 3.75. The molecule has 0 saturated carbocycles. The van der Waals surface area contributed by atoms with Gasteiger partial charge in [0.1, 0.15) is 0 Å². The summed E-state index contributed by atoms with van der Waals surface area (Å²) in [5.41, 5.74) is 1.47. The number of urea groups is 1. The molecule has 2 amide bonds. The first kappa shape index (κ1) is 15.7. The first-order valence-electron chi connectivity index (χ1n) is 6.68. The molecular weight excluding hydrogens is 307 g/mol. The van der Waals surface area contributed by atoms with Gasteiger partial charge in [-0.2, -0.15) is 0 Å². The third-order valence-electron chi connectivity index (χ3n) is 3.12. The summed E-state index contributed by atoms with van der Waals surface area (Å²) >= 11 is 12.1. The fourth-order valence-electron chi connectivity index (χ4n) is 2.03. The minimum Gasteiger partial charge on any atom is -0.331 e. The third kappa shape index (κ3) is 4.13. The lowest BCUT2D eigenvalue weighted by Gasteiger charge is -2.18. The van der Waals surface area contributed by atoms with Crippen LogP contribution in [0.2, 0.25) is 10.0 Å². The highest BCUT2D eigenvalue weighted by atomic mass is 35.5. The molecule has 0 spiro atoms. The Morgan fingerprint density at radius 2 is 1.67 bits per heavy atom. The summed E-state index contributed by atoms with van der Waals surface area (Å²) in [6, 6.07) is 14.5. The monoisotopic (exact) mass is 322 g/mol. The number of hydrogen-bond donors (Lipinski definition) is 2. The molecule has 0 saturated heterocycles. The number of halogens is 2. The Balaban J connectivity index is 2.07. The van der Waals surface area contributed by atoms with E-state index in [0.717, 1.165) is 12.0 Å². The van der Waals surface area contributed by atoms with Crippen LogP contribution in [0.3, 0.4) is 0 Å². The molecule has 1 atom stereocenters. The van der Waals surface area contributed by atoms with E-state index >= 15 is 0 Å². The quantitative estimate of drug-likeness (QED) is 0.791. The van der Waals surface area contributed by atoms with E-state index in [2.05, 4.69) is 10.6 Å². The summed E-state index contributed by atoms with van der Waals surface area (Å²) in [6.45, 7) is 2.01. The van der Waals surface area contributed by atoms with Crippen LogP contribution in [-0.4, -0.2) is 6.03 Å². The van der Waals surface area contributed by atoms with Crippen LogP contribution in [-0.2, 0) is 0 Å². The van der Waals surface area contributed by atoms with Gasteiger partial charge in [0.15, 0.2) is 0 Å². The Bertz CT molecular complexity index is 597. The molecule has 0 aliphatic carbocycles. The van der Waals surface area contributed by atoms with Crippen LogP contribution >= 0.6 is 23.2 Å². The predicted octanol–water partition coefficient (Wildman–Crippen LogP) is 5.27. The topological polar surface area (TPSA) is 41.1 Å². The number of benzene rings is 2. The Kier molecular flexibility index (Phi) is 5.48. The maximum atomic E-state index is 12.1. The van der Waals surface area contributed by atoms with Crippen LogP contribution in [0.5, 0.6) is 0 Å². The Labute approximate surface area is 134 Å². The number of carbonyl (C=O) groups is 1. The maximum Gasteiger partial charge on any atom is 0.319 e. The fourth-order valence-corrected chi connectivity index (χ4v) is 2.52. The molecule has 1 unspecified atom stereocenters. The van der Waals surface area contributed by atoms with E-state index in [9.17, 15) is 4.79 Å². The minimum absolute atomic E-state index is 0.0625. The number of amides is 2. The Hall–Kier alpha value is -1.71. The molecule has 2 aromatic rings. The van der Waals surface area contributed by atoms with E-state index in [1.807, 2.05) is 37.3 Å². The zero-order valence-corrected chi connectivity index (χ0v) is 13.1. The number of para-hydroxylation sites is 1. The first-order valence-corrected chi connectivity index (χ1v) is 7.44. The molecule has 2 rings (SSSR count). The van der Waals surface area contributed by atoms with Crippen molar-refractivity contribution in [2.24, 2.45) is 0 Å². The van der Waals surface area contributed by atoms with E-state index in [1.54, 1.807) is 18.2 Å². The SMILES string of the molecule is CCC(NC(=O)Nc1c(Cl)cccc1Cl)c1ccccc1. The highest BCUT2D eigenvalue weighted by molar-refractivity contribution is 6.39. The lowest BCUT2D eigenvalue weighted by Crippen LogP contribution is -2.32. The molecule has 0 aliphatic rings. The molecule has 0 radical (unpaired) electrons. The number of anilines is 1. The second-order valence-corrected chi connectivity index (χ2v) is 5.38.